The number of carbonyl (C=O) groups excluding carboxylic acids is 1. The number of alkyl halides is 1. The lowest BCUT2D eigenvalue weighted by molar-refractivity contribution is 0.0664. The number of anilines is 3. The molecule has 11 heteroatoms. The van der Waals surface area contributed by atoms with E-state index < -0.39 is 18.2 Å². The van der Waals surface area contributed by atoms with Crippen LogP contribution in [-0.2, 0) is 0 Å². The highest BCUT2D eigenvalue weighted by molar-refractivity contribution is 5.99. The van der Waals surface area contributed by atoms with Gasteiger partial charge in [0.2, 0.25) is 0 Å². The average Bonchev–Trinajstić information content (AvgIpc) is 3.15. The quantitative estimate of drug-likeness (QED) is 0.526. The second kappa shape index (κ2) is 7.59. The molecule has 0 unspecified atom stereocenters. The molecule has 4 N–H and O–H groups in total. The van der Waals surface area contributed by atoms with Crippen LogP contribution in [0.25, 0.3) is 5.65 Å². The number of carbonyl (C=O) groups is 1. The molecule has 0 saturated heterocycles. The Morgan fingerprint density at radius 3 is 2.78 bits per heavy atom. The Labute approximate surface area is 182 Å². The Hall–Kier alpha value is -3.47. The van der Waals surface area contributed by atoms with Crippen molar-refractivity contribution in [1.82, 2.24) is 19.2 Å². The molecule has 5 rings (SSSR count). The van der Waals surface area contributed by atoms with E-state index in [0.717, 1.165) is 6.42 Å². The van der Waals surface area contributed by atoms with Gasteiger partial charge in [-0.2, -0.15) is 9.61 Å². The maximum absolute atomic E-state index is 13.3. The standard InChI is InChI=1S/C21H24FN7O3/c1-27(15-4-5-16(15)30)18-9-17(26-20-13(19(23)31)10-24-29(18)20)25-14-3-2-6-28(21(14)32)12-7-11(22)8-12/h2-3,6,9-12,15-16,30H,4-5,7-8H2,1H3,(H2,23,31)(H,25,26)/t11?,12?,15-,16-/m0/s1. The average molecular weight is 441 g/mol. The maximum Gasteiger partial charge on any atom is 0.274 e. The highest BCUT2D eigenvalue weighted by atomic mass is 19.1. The first-order valence-corrected chi connectivity index (χ1v) is 10.5. The van der Waals surface area contributed by atoms with E-state index in [9.17, 15) is 19.1 Å². The Morgan fingerprint density at radius 2 is 2.16 bits per heavy atom. The van der Waals surface area contributed by atoms with Gasteiger partial charge in [-0.15, -0.1) is 0 Å². The molecule has 2 aliphatic carbocycles. The third kappa shape index (κ3) is 3.29. The van der Waals surface area contributed by atoms with Gasteiger partial charge in [-0.05, 0) is 37.8 Å². The summed E-state index contributed by atoms with van der Waals surface area (Å²) in [6.07, 6.45) is 3.84. The number of fused-ring (bicyclic) bond motifs is 1. The van der Waals surface area contributed by atoms with Crippen LogP contribution in [0.15, 0.2) is 35.4 Å². The van der Waals surface area contributed by atoms with Gasteiger partial charge in [-0.25, -0.2) is 9.37 Å². The first-order chi connectivity index (χ1) is 15.3. The molecule has 3 heterocycles. The van der Waals surface area contributed by atoms with Crippen molar-refractivity contribution < 1.29 is 14.3 Å². The molecule has 0 aromatic carbocycles. The van der Waals surface area contributed by atoms with Crippen molar-refractivity contribution in [3.63, 3.8) is 0 Å². The van der Waals surface area contributed by atoms with Crippen LogP contribution in [0.1, 0.15) is 42.1 Å². The molecule has 2 fully saturated rings. The van der Waals surface area contributed by atoms with E-state index in [-0.39, 0.29) is 34.5 Å². The number of amides is 1. The second-order valence-electron chi connectivity index (χ2n) is 8.46. The molecule has 0 spiro atoms. The smallest absolute Gasteiger partial charge is 0.274 e. The molecule has 32 heavy (non-hydrogen) atoms. The fourth-order valence-electron chi connectivity index (χ4n) is 4.30. The Kier molecular flexibility index (Phi) is 4.85. The number of hydrogen-bond donors (Lipinski definition) is 3. The lowest BCUT2D eigenvalue weighted by atomic mass is 9.88. The topological polar surface area (TPSA) is 131 Å². The van der Waals surface area contributed by atoms with Crippen molar-refractivity contribution in [2.75, 3.05) is 17.3 Å². The van der Waals surface area contributed by atoms with Gasteiger partial charge in [0.1, 0.15) is 29.1 Å². The van der Waals surface area contributed by atoms with Gasteiger partial charge in [0, 0.05) is 25.4 Å². The first kappa shape index (κ1) is 20.4. The van der Waals surface area contributed by atoms with Gasteiger partial charge < -0.3 is 25.6 Å². The molecule has 2 atom stereocenters. The van der Waals surface area contributed by atoms with E-state index in [1.54, 1.807) is 24.4 Å². The molecule has 168 valence electrons. The van der Waals surface area contributed by atoms with E-state index in [1.807, 2.05) is 11.9 Å². The SMILES string of the molecule is CN(c1cc(Nc2cccn(C3CC(F)C3)c2=O)nc2c(C(N)=O)cnn12)[C@H]1CC[C@@H]1O. The predicted octanol–water partition coefficient (Wildman–Crippen LogP) is 1.37. The van der Waals surface area contributed by atoms with Crippen molar-refractivity contribution in [1.29, 1.82) is 0 Å². The maximum atomic E-state index is 13.3. The zero-order valence-electron chi connectivity index (χ0n) is 17.5. The van der Waals surface area contributed by atoms with Crippen LogP contribution in [0.4, 0.5) is 21.7 Å². The normalized spacial score (nSPS) is 24.6. The van der Waals surface area contributed by atoms with Crippen molar-refractivity contribution >= 4 is 28.9 Å². The number of aliphatic hydroxyl groups is 1. The van der Waals surface area contributed by atoms with E-state index in [2.05, 4.69) is 15.4 Å². The fraction of sp³-hybridized carbons (Fsp3) is 0.429. The molecule has 3 aromatic heterocycles. The van der Waals surface area contributed by atoms with Gasteiger partial charge in [0.15, 0.2) is 5.65 Å². The van der Waals surface area contributed by atoms with E-state index >= 15 is 0 Å². The summed E-state index contributed by atoms with van der Waals surface area (Å²) in [5.74, 6) is 0.238. The molecular weight excluding hydrogens is 417 g/mol. The summed E-state index contributed by atoms with van der Waals surface area (Å²) >= 11 is 0. The van der Waals surface area contributed by atoms with E-state index in [1.165, 1.54) is 15.3 Å². The lowest BCUT2D eigenvalue weighted by Crippen LogP contribution is -2.49. The van der Waals surface area contributed by atoms with E-state index in [0.29, 0.717) is 30.9 Å². The molecule has 10 nitrogen and oxygen atoms in total. The van der Waals surface area contributed by atoms with Gasteiger partial charge in [0.25, 0.3) is 11.5 Å². The number of rotatable bonds is 6. The Morgan fingerprint density at radius 1 is 1.38 bits per heavy atom. The minimum Gasteiger partial charge on any atom is -0.391 e. The number of nitrogens with two attached hydrogens (primary N) is 1. The number of hydrogen-bond acceptors (Lipinski definition) is 7. The Bertz CT molecular complexity index is 1250. The summed E-state index contributed by atoms with van der Waals surface area (Å²) in [6.45, 7) is 0. The van der Waals surface area contributed by atoms with E-state index in [4.69, 9.17) is 5.73 Å². The predicted molar refractivity (Wildman–Crippen MR) is 116 cm³/mol. The molecule has 3 aromatic rings. The third-order valence-corrected chi connectivity index (χ3v) is 6.47. The van der Waals surface area contributed by atoms with Gasteiger partial charge in [0.05, 0.1) is 18.3 Å². The van der Waals surface area contributed by atoms with Crippen LogP contribution in [0, 0.1) is 0 Å². The summed E-state index contributed by atoms with van der Waals surface area (Å²) in [5.41, 5.74) is 5.88. The Balaban J connectivity index is 1.56. The van der Waals surface area contributed by atoms with Crippen molar-refractivity contribution in [3.05, 3.63) is 46.5 Å². The monoisotopic (exact) mass is 441 g/mol. The minimum atomic E-state index is -0.873. The van der Waals surface area contributed by atoms with Crippen molar-refractivity contribution in [3.8, 4) is 0 Å². The van der Waals surface area contributed by atoms with Gasteiger partial charge in [-0.1, -0.05) is 0 Å². The summed E-state index contributed by atoms with van der Waals surface area (Å²) < 4.78 is 16.3. The second-order valence-corrected chi connectivity index (χ2v) is 8.46. The summed E-state index contributed by atoms with van der Waals surface area (Å²) in [7, 11) is 1.83. The van der Waals surface area contributed by atoms with Crippen LogP contribution >= 0.6 is 0 Å². The minimum absolute atomic E-state index is 0.101. The highest BCUT2D eigenvalue weighted by Crippen LogP contribution is 2.34. The largest absolute Gasteiger partial charge is 0.391 e. The van der Waals surface area contributed by atoms with Crippen LogP contribution in [-0.4, -0.2) is 55.5 Å². The number of primary amides is 1. The number of aliphatic hydroxyl groups excluding tert-OH is 1. The van der Waals surface area contributed by atoms with Crippen molar-refractivity contribution in [2.45, 2.75) is 50.0 Å². The molecule has 1 amide bonds. The zero-order chi connectivity index (χ0) is 22.6. The number of aromatic nitrogens is 4. The summed E-state index contributed by atoms with van der Waals surface area (Å²) in [4.78, 5) is 31.2. The summed E-state index contributed by atoms with van der Waals surface area (Å²) in [5, 5.41) is 17.4. The fourth-order valence-corrected chi connectivity index (χ4v) is 4.30. The summed E-state index contributed by atoms with van der Waals surface area (Å²) in [6, 6.07) is 4.79. The van der Waals surface area contributed by atoms with Crippen LogP contribution in [0.3, 0.4) is 0 Å². The molecular formula is C21H24FN7O3. The van der Waals surface area contributed by atoms with Crippen molar-refractivity contribution in [2.24, 2.45) is 5.73 Å². The highest BCUT2D eigenvalue weighted by Gasteiger charge is 2.34. The number of nitrogens with zero attached hydrogens (tertiary/aromatic N) is 5. The third-order valence-electron chi connectivity index (χ3n) is 6.47. The van der Waals surface area contributed by atoms with Crippen LogP contribution in [0.5, 0.6) is 0 Å². The molecule has 0 bridgehead atoms. The molecule has 2 saturated carbocycles. The molecule has 0 aliphatic heterocycles. The number of pyridine rings is 1. The molecule has 0 radical (unpaired) electrons. The van der Waals surface area contributed by atoms with Crippen LogP contribution in [0.2, 0.25) is 0 Å². The zero-order valence-corrected chi connectivity index (χ0v) is 17.5. The number of likely N-dealkylation sites (N-methyl/N-ethyl adjacent to an activating group) is 1. The van der Waals surface area contributed by atoms with Gasteiger partial charge >= 0.3 is 0 Å². The lowest BCUT2D eigenvalue weighted by Gasteiger charge is -2.40. The number of halogens is 1. The number of nitrogens with one attached hydrogen (secondary N) is 1. The first-order valence-electron chi connectivity index (χ1n) is 10.5. The molecule has 2 aliphatic rings. The van der Waals surface area contributed by atoms with Crippen LogP contribution < -0.4 is 21.5 Å². The van der Waals surface area contributed by atoms with Gasteiger partial charge in [-0.3, -0.25) is 9.59 Å².